The Morgan fingerprint density at radius 2 is 1.29 bits per heavy atom. The predicted octanol–water partition coefficient (Wildman–Crippen LogP) is 5.84. The molecule has 0 fully saturated rings. The van der Waals surface area contributed by atoms with Crippen LogP contribution in [0.4, 0.5) is 5.69 Å². The Balaban J connectivity index is 1.88. The first-order valence-electron chi connectivity index (χ1n) is 11.1. The molecule has 0 aliphatic heterocycles. The highest BCUT2D eigenvalue weighted by Gasteiger charge is 2.20. The van der Waals surface area contributed by atoms with Gasteiger partial charge in [-0.2, -0.15) is 8.42 Å². The summed E-state index contributed by atoms with van der Waals surface area (Å²) in [5.41, 5.74) is 0.340. The van der Waals surface area contributed by atoms with Gasteiger partial charge in [-0.05, 0) is 18.6 Å². The summed E-state index contributed by atoms with van der Waals surface area (Å²) >= 11 is 0. The molecule has 0 unspecified atom stereocenters. The maximum absolute atomic E-state index is 12.7. The fraction of sp³-hybridized carbons (Fsp3) is 0.565. The SMILES string of the molecule is CCCCCCCCCCCCOS(=O)(=O)c1ccc(NS(C)(=O)=O)c2ccccc12. The van der Waals surface area contributed by atoms with E-state index in [9.17, 15) is 16.8 Å². The van der Waals surface area contributed by atoms with Crippen LogP contribution in [0.1, 0.15) is 71.1 Å². The molecule has 0 saturated heterocycles. The molecule has 0 aliphatic carbocycles. The van der Waals surface area contributed by atoms with Crippen molar-refractivity contribution >= 4 is 36.6 Å². The summed E-state index contributed by atoms with van der Waals surface area (Å²) in [4.78, 5) is 0.0502. The van der Waals surface area contributed by atoms with E-state index < -0.39 is 20.1 Å². The van der Waals surface area contributed by atoms with Crippen molar-refractivity contribution in [1.82, 2.24) is 0 Å². The molecular weight excluding hydrogens is 434 g/mol. The number of sulfonamides is 1. The Hall–Kier alpha value is -1.64. The van der Waals surface area contributed by atoms with E-state index in [0.717, 1.165) is 19.1 Å². The number of nitrogens with one attached hydrogen (secondary N) is 1. The van der Waals surface area contributed by atoms with Crippen molar-refractivity contribution in [2.75, 3.05) is 17.6 Å². The van der Waals surface area contributed by atoms with Gasteiger partial charge in [-0.3, -0.25) is 8.91 Å². The maximum atomic E-state index is 12.7. The summed E-state index contributed by atoms with van der Waals surface area (Å²) in [6.07, 6.45) is 12.7. The summed E-state index contributed by atoms with van der Waals surface area (Å²) in [6, 6.07) is 9.64. The van der Waals surface area contributed by atoms with Crippen molar-refractivity contribution in [3.8, 4) is 0 Å². The molecule has 0 aromatic heterocycles. The Kier molecular flexibility index (Phi) is 10.3. The smallest absolute Gasteiger partial charge is 0.283 e. The lowest BCUT2D eigenvalue weighted by atomic mass is 10.1. The van der Waals surface area contributed by atoms with E-state index in [1.165, 1.54) is 57.1 Å². The third-order valence-corrected chi connectivity index (χ3v) is 7.15. The summed E-state index contributed by atoms with van der Waals surface area (Å²) in [7, 11) is -7.42. The highest BCUT2D eigenvalue weighted by Crippen LogP contribution is 2.31. The van der Waals surface area contributed by atoms with Crippen molar-refractivity contribution in [2.24, 2.45) is 0 Å². The van der Waals surface area contributed by atoms with E-state index in [1.54, 1.807) is 24.3 Å². The first-order chi connectivity index (χ1) is 14.7. The summed E-state index contributed by atoms with van der Waals surface area (Å²) in [5, 5.41) is 0.941. The third kappa shape index (κ3) is 8.79. The molecule has 0 radical (unpaired) electrons. The standard InChI is InChI=1S/C23H35NO5S2/c1-3-4-5-6-7-8-9-10-11-14-19-29-31(27,28)23-18-17-22(24-30(2,25)26)20-15-12-13-16-21(20)23/h12-13,15-18,24H,3-11,14,19H2,1-2H3. The third-order valence-electron chi connectivity index (χ3n) is 5.19. The molecule has 0 amide bonds. The summed E-state index contributed by atoms with van der Waals surface area (Å²) in [5.74, 6) is 0. The van der Waals surface area contributed by atoms with Gasteiger partial charge in [0, 0.05) is 10.8 Å². The first kappa shape index (κ1) is 25.6. The van der Waals surface area contributed by atoms with Gasteiger partial charge in [-0.15, -0.1) is 0 Å². The summed E-state index contributed by atoms with van der Waals surface area (Å²) in [6.45, 7) is 2.37. The Bertz CT molecular complexity index is 1030. The van der Waals surface area contributed by atoms with Crippen LogP contribution in [0.15, 0.2) is 41.3 Å². The Morgan fingerprint density at radius 3 is 1.87 bits per heavy atom. The molecule has 1 N–H and O–H groups in total. The van der Waals surface area contributed by atoms with Gasteiger partial charge in [0.1, 0.15) is 4.90 Å². The van der Waals surface area contributed by atoms with Gasteiger partial charge >= 0.3 is 0 Å². The van der Waals surface area contributed by atoms with Gasteiger partial charge in [0.2, 0.25) is 10.0 Å². The van der Waals surface area contributed by atoms with Crippen LogP contribution in [0.25, 0.3) is 10.8 Å². The average Bonchev–Trinajstić information content (AvgIpc) is 2.71. The van der Waals surface area contributed by atoms with Crippen LogP contribution in [-0.2, 0) is 24.3 Å². The monoisotopic (exact) mass is 469 g/mol. The van der Waals surface area contributed by atoms with E-state index >= 15 is 0 Å². The van der Waals surface area contributed by atoms with E-state index in [2.05, 4.69) is 11.6 Å². The lowest BCUT2D eigenvalue weighted by molar-refractivity contribution is 0.306. The van der Waals surface area contributed by atoms with Crippen molar-refractivity contribution in [2.45, 2.75) is 76.0 Å². The average molecular weight is 470 g/mol. The normalized spacial score (nSPS) is 12.3. The van der Waals surface area contributed by atoms with E-state index in [4.69, 9.17) is 4.18 Å². The molecule has 0 bridgehead atoms. The van der Waals surface area contributed by atoms with Gasteiger partial charge in [-0.1, -0.05) is 89.0 Å². The molecule has 0 aliphatic rings. The fourth-order valence-electron chi connectivity index (χ4n) is 3.60. The second-order valence-corrected chi connectivity index (χ2v) is 11.3. The quantitative estimate of drug-likeness (QED) is 0.261. The second-order valence-electron chi connectivity index (χ2n) is 7.99. The molecule has 2 aromatic carbocycles. The fourth-order valence-corrected chi connectivity index (χ4v) is 5.32. The topological polar surface area (TPSA) is 89.5 Å². The maximum Gasteiger partial charge on any atom is 0.297 e. The molecule has 2 aromatic rings. The number of anilines is 1. The molecule has 6 nitrogen and oxygen atoms in total. The van der Waals surface area contributed by atoms with Gasteiger partial charge in [0.05, 0.1) is 18.6 Å². The second kappa shape index (κ2) is 12.4. The molecule has 0 spiro atoms. The van der Waals surface area contributed by atoms with Crippen LogP contribution in [0, 0.1) is 0 Å². The van der Waals surface area contributed by atoms with E-state index in [0.29, 0.717) is 22.9 Å². The zero-order valence-corrected chi connectivity index (χ0v) is 20.2. The molecule has 0 saturated carbocycles. The molecule has 0 atom stereocenters. The number of rotatable bonds is 15. The van der Waals surface area contributed by atoms with Crippen molar-refractivity contribution < 1.29 is 21.0 Å². The predicted molar refractivity (Wildman–Crippen MR) is 127 cm³/mol. The number of benzene rings is 2. The lowest BCUT2D eigenvalue weighted by Gasteiger charge is -2.12. The minimum Gasteiger partial charge on any atom is -0.283 e. The van der Waals surface area contributed by atoms with Gasteiger partial charge in [0.25, 0.3) is 10.1 Å². The number of hydrogen-bond donors (Lipinski definition) is 1. The van der Waals surface area contributed by atoms with Crippen LogP contribution >= 0.6 is 0 Å². The van der Waals surface area contributed by atoms with Crippen LogP contribution in [-0.4, -0.2) is 29.7 Å². The van der Waals surface area contributed by atoms with Gasteiger partial charge in [-0.25, -0.2) is 8.42 Å². The van der Waals surface area contributed by atoms with Crippen molar-refractivity contribution in [3.05, 3.63) is 36.4 Å². The zero-order valence-electron chi connectivity index (χ0n) is 18.6. The first-order valence-corrected chi connectivity index (χ1v) is 14.4. The molecule has 2 rings (SSSR count). The van der Waals surface area contributed by atoms with Crippen molar-refractivity contribution in [1.29, 1.82) is 0 Å². The lowest BCUT2D eigenvalue weighted by Crippen LogP contribution is -2.11. The van der Waals surface area contributed by atoms with Crippen molar-refractivity contribution in [3.63, 3.8) is 0 Å². The number of hydrogen-bond acceptors (Lipinski definition) is 5. The Labute approximate surface area is 187 Å². The van der Waals surface area contributed by atoms with E-state index in [-0.39, 0.29) is 11.5 Å². The molecule has 31 heavy (non-hydrogen) atoms. The zero-order chi connectivity index (χ0) is 22.7. The molecular formula is C23H35NO5S2. The summed E-state index contributed by atoms with van der Waals surface area (Å²) < 4.78 is 56.4. The van der Waals surface area contributed by atoms with Gasteiger partial charge in [0.15, 0.2) is 0 Å². The minimum atomic E-state index is -3.93. The van der Waals surface area contributed by atoms with Crippen LogP contribution in [0.5, 0.6) is 0 Å². The van der Waals surface area contributed by atoms with E-state index in [1.807, 2.05) is 0 Å². The minimum absolute atomic E-state index is 0.0502. The Morgan fingerprint density at radius 1 is 0.742 bits per heavy atom. The largest absolute Gasteiger partial charge is 0.297 e. The van der Waals surface area contributed by atoms with Crippen LogP contribution in [0.3, 0.4) is 0 Å². The molecule has 8 heteroatoms. The highest BCUT2D eigenvalue weighted by atomic mass is 32.2. The van der Waals surface area contributed by atoms with Crippen LogP contribution < -0.4 is 4.72 Å². The number of fused-ring (bicyclic) bond motifs is 1. The molecule has 174 valence electrons. The molecule has 0 heterocycles. The number of unbranched alkanes of at least 4 members (excludes halogenated alkanes) is 9. The highest BCUT2D eigenvalue weighted by molar-refractivity contribution is 7.92. The van der Waals surface area contributed by atoms with Gasteiger partial charge < -0.3 is 0 Å². The van der Waals surface area contributed by atoms with Crippen LogP contribution in [0.2, 0.25) is 0 Å².